The van der Waals surface area contributed by atoms with Gasteiger partial charge in [-0.2, -0.15) is 0 Å². The minimum Gasteiger partial charge on any atom is -0.544 e. The number of benzene rings is 2. The molecule has 0 saturated carbocycles. The van der Waals surface area contributed by atoms with Gasteiger partial charge < -0.3 is 24.3 Å². The number of H-pyrrole nitrogens is 1. The standard InChI is InChI=1S/C21H18Cl2N2O5S.ClO2.Na/c1-12-17(20(26)25(2)11-13-8-9-14(22)10-16(13)23)24-18(21(27)28)19(12)31(29,30)15-6-4-3-5-7-15;2-1-3;/h3-10,24H,11H2,1-2H3,(H,27,28);;/q;-1;+1. The molecule has 0 spiro atoms. The molecule has 3 rings (SSSR count). The number of halogens is 3. The van der Waals surface area contributed by atoms with Gasteiger partial charge in [0.15, 0.2) is 0 Å². The molecule has 3 aromatic rings. The predicted octanol–water partition coefficient (Wildman–Crippen LogP) is -0.941. The van der Waals surface area contributed by atoms with Gasteiger partial charge in [-0.05, 0) is 42.3 Å². The molecular weight excluding hydrogens is 554 g/mol. The smallest absolute Gasteiger partial charge is 0.544 e. The number of nitrogens with one attached hydrogen (secondary N) is 1. The number of hydrogen-bond donors (Lipinski definition) is 2. The maximum Gasteiger partial charge on any atom is 1.00 e. The first-order valence-corrected chi connectivity index (χ1v) is 12.2. The molecule has 2 N–H and O–H groups in total. The van der Waals surface area contributed by atoms with Gasteiger partial charge in [0.05, 0.1) is 16.2 Å². The fourth-order valence-corrected chi connectivity index (χ4v) is 5.29. The van der Waals surface area contributed by atoms with Crippen molar-refractivity contribution in [2.24, 2.45) is 0 Å². The summed E-state index contributed by atoms with van der Waals surface area (Å²) in [6, 6.07) is 12.3. The van der Waals surface area contributed by atoms with Crippen molar-refractivity contribution in [1.82, 2.24) is 9.88 Å². The molecule has 9 nitrogen and oxygen atoms in total. The van der Waals surface area contributed by atoms with Crippen LogP contribution in [-0.4, -0.2) is 42.3 Å². The van der Waals surface area contributed by atoms with Gasteiger partial charge in [0.2, 0.25) is 9.84 Å². The van der Waals surface area contributed by atoms with E-state index in [1.807, 2.05) is 0 Å². The molecular formula is C21H18Cl3N2NaO7S. The number of carbonyl (C=O) groups is 2. The molecule has 0 unspecified atom stereocenters. The van der Waals surface area contributed by atoms with E-state index in [1.54, 1.807) is 24.3 Å². The number of rotatable bonds is 6. The SMILES string of the molecule is Cc1c(C(=O)N(C)Cc2ccc(Cl)cc2Cl)[nH]c(C(=O)O)c1S(=O)(=O)c1ccccc1.[Na+].[O-][Cl+][O-]. The molecule has 0 aliphatic heterocycles. The van der Waals surface area contributed by atoms with Gasteiger partial charge >= 0.3 is 35.5 Å². The number of carboxylic acids is 1. The maximum atomic E-state index is 13.1. The first-order valence-electron chi connectivity index (χ1n) is 9.30. The number of aromatic nitrogens is 1. The molecule has 14 heteroatoms. The third kappa shape index (κ3) is 7.45. The summed E-state index contributed by atoms with van der Waals surface area (Å²) in [4.78, 5) is 28.1. The van der Waals surface area contributed by atoms with Gasteiger partial charge in [-0.15, -0.1) is 0 Å². The van der Waals surface area contributed by atoms with Crippen molar-refractivity contribution in [1.29, 1.82) is 0 Å². The molecule has 2 aromatic carbocycles. The van der Waals surface area contributed by atoms with Crippen LogP contribution in [-0.2, 0) is 16.4 Å². The first-order chi connectivity index (χ1) is 15.9. The van der Waals surface area contributed by atoms with Gasteiger partial charge in [-0.3, -0.25) is 4.79 Å². The van der Waals surface area contributed by atoms with E-state index < -0.39 is 43.6 Å². The van der Waals surface area contributed by atoms with Gasteiger partial charge in [-0.1, -0.05) is 47.5 Å². The van der Waals surface area contributed by atoms with E-state index in [0.29, 0.717) is 15.6 Å². The Labute approximate surface area is 238 Å². The molecule has 1 aromatic heterocycles. The molecule has 1 heterocycles. The summed E-state index contributed by atoms with van der Waals surface area (Å²) >= 11 is 11.6. The van der Waals surface area contributed by atoms with Crippen molar-refractivity contribution in [2.75, 3.05) is 7.05 Å². The Kier molecular flexibility index (Phi) is 12.2. The molecule has 0 atom stereocenters. The van der Waals surface area contributed by atoms with Gasteiger partial charge in [-0.25, -0.2) is 13.2 Å². The first kappa shape index (κ1) is 31.4. The molecule has 0 bridgehead atoms. The van der Waals surface area contributed by atoms with E-state index in [0.717, 1.165) is 0 Å². The average molecular weight is 572 g/mol. The summed E-state index contributed by atoms with van der Waals surface area (Å²) in [6.45, 7) is 1.51. The molecule has 0 fully saturated rings. The van der Waals surface area contributed by atoms with Gasteiger partial charge in [0.1, 0.15) is 16.3 Å². The van der Waals surface area contributed by atoms with Crippen LogP contribution in [0.2, 0.25) is 10.0 Å². The number of sulfone groups is 1. The Hall–Kier alpha value is -1.60. The monoisotopic (exact) mass is 570 g/mol. The number of carbonyl (C=O) groups excluding carboxylic acids is 1. The normalized spacial score (nSPS) is 10.6. The number of aromatic carboxylic acids is 1. The second kappa shape index (κ2) is 13.6. The number of amides is 1. The van der Waals surface area contributed by atoms with Crippen molar-refractivity contribution < 1.29 is 73.3 Å². The van der Waals surface area contributed by atoms with Crippen LogP contribution in [0.3, 0.4) is 0 Å². The zero-order valence-electron chi connectivity index (χ0n) is 18.7. The minimum absolute atomic E-state index is 0. The second-order valence-corrected chi connectivity index (χ2v) is 9.77. The van der Waals surface area contributed by atoms with Crippen LogP contribution in [0.15, 0.2) is 58.3 Å². The third-order valence-corrected chi connectivity index (χ3v) is 7.24. The third-order valence-electron chi connectivity index (χ3n) is 4.71. The van der Waals surface area contributed by atoms with E-state index in [2.05, 4.69) is 4.98 Å². The number of carboxylic acid groups (broad SMARTS) is 1. The Morgan fingerprint density at radius 3 is 2.17 bits per heavy atom. The average Bonchev–Trinajstić information content (AvgIpc) is 3.14. The molecule has 35 heavy (non-hydrogen) atoms. The molecule has 0 radical (unpaired) electrons. The largest absolute Gasteiger partial charge is 1.00 e. The second-order valence-electron chi connectivity index (χ2n) is 6.91. The van der Waals surface area contributed by atoms with E-state index in [-0.39, 0.29) is 52.3 Å². The Balaban J connectivity index is 0.00000145. The Morgan fingerprint density at radius 1 is 1.09 bits per heavy atom. The number of hydrogen-bond acceptors (Lipinski definition) is 6. The summed E-state index contributed by atoms with van der Waals surface area (Å²) < 4.78 is 42.7. The predicted molar refractivity (Wildman–Crippen MR) is 117 cm³/mol. The summed E-state index contributed by atoms with van der Waals surface area (Å²) in [7, 11) is -2.67. The van der Waals surface area contributed by atoms with E-state index in [1.165, 1.54) is 43.1 Å². The molecule has 0 saturated heterocycles. The summed E-state index contributed by atoms with van der Waals surface area (Å²) in [5, 5.41) is 10.4. The van der Waals surface area contributed by atoms with Crippen molar-refractivity contribution in [3.8, 4) is 0 Å². The molecule has 0 aliphatic rings. The quantitative estimate of drug-likeness (QED) is 0.362. The van der Waals surface area contributed by atoms with Crippen LogP contribution in [0.5, 0.6) is 0 Å². The van der Waals surface area contributed by atoms with Crippen molar-refractivity contribution >= 4 is 44.9 Å². The summed E-state index contributed by atoms with van der Waals surface area (Å²) in [5.41, 5.74) is -0.0378. The van der Waals surface area contributed by atoms with Crippen molar-refractivity contribution in [3.05, 3.63) is 81.1 Å². The zero-order chi connectivity index (χ0) is 25.6. The summed E-state index contributed by atoms with van der Waals surface area (Å²) in [5.74, 6) is -2.07. The van der Waals surface area contributed by atoms with Gasteiger partial charge in [0.25, 0.3) is 5.91 Å². The van der Waals surface area contributed by atoms with Crippen molar-refractivity contribution in [3.63, 3.8) is 0 Å². The zero-order valence-corrected chi connectivity index (χ0v) is 23.8. The molecule has 1 amide bonds. The van der Waals surface area contributed by atoms with Crippen LogP contribution >= 0.6 is 23.2 Å². The topological polar surface area (TPSA) is 154 Å². The summed E-state index contributed by atoms with van der Waals surface area (Å²) in [6.07, 6.45) is 0. The molecule has 0 aliphatic carbocycles. The van der Waals surface area contributed by atoms with E-state index in [4.69, 9.17) is 32.5 Å². The van der Waals surface area contributed by atoms with Crippen LogP contribution in [0.25, 0.3) is 0 Å². The van der Waals surface area contributed by atoms with Crippen LogP contribution in [0, 0.1) is 18.2 Å². The maximum absolute atomic E-state index is 13.1. The molecule has 182 valence electrons. The van der Waals surface area contributed by atoms with Crippen LogP contribution < -0.4 is 38.9 Å². The number of aromatic amines is 1. The number of nitrogens with zero attached hydrogens (tertiary/aromatic N) is 1. The van der Waals surface area contributed by atoms with Crippen molar-refractivity contribution in [2.45, 2.75) is 23.3 Å². The Morgan fingerprint density at radius 2 is 1.66 bits per heavy atom. The van der Waals surface area contributed by atoms with E-state index in [9.17, 15) is 23.1 Å². The minimum atomic E-state index is -4.17. The van der Waals surface area contributed by atoms with Crippen LogP contribution in [0.4, 0.5) is 0 Å². The van der Waals surface area contributed by atoms with Crippen LogP contribution in [0.1, 0.15) is 32.1 Å². The van der Waals surface area contributed by atoms with Gasteiger partial charge in [0, 0.05) is 23.6 Å². The fourth-order valence-electron chi connectivity index (χ4n) is 3.16. The fraction of sp³-hybridized carbons (Fsp3) is 0.143. The Bertz CT molecular complexity index is 1300. The van der Waals surface area contributed by atoms with E-state index >= 15 is 0 Å².